The van der Waals surface area contributed by atoms with Gasteiger partial charge in [-0.15, -0.1) is 0 Å². The number of ether oxygens (including phenoxy) is 1. The summed E-state index contributed by atoms with van der Waals surface area (Å²) in [5.41, 5.74) is 2.11. The first-order chi connectivity index (χ1) is 9.78. The van der Waals surface area contributed by atoms with Crippen molar-refractivity contribution >= 4 is 11.6 Å². The number of hydrogen-bond acceptors (Lipinski definition) is 4. The second-order valence-corrected chi connectivity index (χ2v) is 5.37. The molecule has 1 fully saturated rings. The van der Waals surface area contributed by atoms with Crippen LogP contribution in [0.15, 0.2) is 24.3 Å². The Morgan fingerprint density at radius 2 is 2.25 bits per heavy atom. The van der Waals surface area contributed by atoms with Crippen molar-refractivity contribution in [3.63, 3.8) is 0 Å². The van der Waals surface area contributed by atoms with Gasteiger partial charge in [-0.05, 0) is 24.5 Å². The lowest BCUT2D eigenvalue weighted by Crippen LogP contribution is -2.52. The molecule has 1 amide bonds. The van der Waals surface area contributed by atoms with Crippen molar-refractivity contribution in [2.24, 2.45) is 0 Å². The fraction of sp³-hybridized carbons (Fsp3) is 0.533. The first-order valence-corrected chi connectivity index (χ1v) is 7.13. The SMILES string of the molecule is O=C1Nc2ccccc2CCC1N1CCOC(CO)C1. The molecule has 1 aromatic carbocycles. The number of nitrogens with one attached hydrogen (secondary N) is 1. The smallest absolute Gasteiger partial charge is 0.241 e. The van der Waals surface area contributed by atoms with Crippen LogP contribution >= 0.6 is 0 Å². The second kappa shape index (κ2) is 5.91. The van der Waals surface area contributed by atoms with E-state index >= 15 is 0 Å². The number of rotatable bonds is 2. The van der Waals surface area contributed by atoms with Crippen LogP contribution in [0.2, 0.25) is 0 Å². The van der Waals surface area contributed by atoms with Crippen LogP contribution in [0.1, 0.15) is 12.0 Å². The Morgan fingerprint density at radius 1 is 1.40 bits per heavy atom. The van der Waals surface area contributed by atoms with Gasteiger partial charge >= 0.3 is 0 Å². The van der Waals surface area contributed by atoms with E-state index in [0.717, 1.165) is 25.1 Å². The summed E-state index contributed by atoms with van der Waals surface area (Å²) in [4.78, 5) is 14.5. The van der Waals surface area contributed by atoms with Crippen LogP contribution in [0, 0.1) is 0 Å². The van der Waals surface area contributed by atoms with E-state index in [-0.39, 0.29) is 24.7 Å². The number of nitrogens with zero attached hydrogens (tertiary/aromatic N) is 1. The van der Waals surface area contributed by atoms with Crippen molar-refractivity contribution < 1.29 is 14.6 Å². The highest BCUT2D eigenvalue weighted by atomic mass is 16.5. The minimum atomic E-state index is -0.179. The van der Waals surface area contributed by atoms with E-state index in [2.05, 4.69) is 16.3 Å². The zero-order chi connectivity index (χ0) is 13.9. The van der Waals surface area contributed by atoms with E-state index in [1.807, 2.05) is 18.2 Å². The molecular formula is C15H20N2O3. The fourth-order valence-corrected chi connectivity index (χ4v) is 2.98. The number of benzene rings is 1. The van der Waals surface area contributed by atoms with Gasteiger partial charge in [-0.3, -0.25) is 9.69 Å². The largest absolute Gasteiger partial charge is 0.394 e. The second-order valence-electron chi connectivity index (χ2n) is 5.37. The zero-order valence-corrected chi connectivity index (χ0v) is 11.4. The molecule has 0 saturated carbocycles. The molecule has 0 spiro atoms. The fourth-order valence-electron chi connectivity index (χ4n) is 2.98. The zero-order valence-electron chi connectivity index (χ0n) is 11.4. The van der Waals surface area contributed by atoms with Crippen molar-refractivity contribution in [2.45, 2.75) is 25.0 Å². The average Bonchev–Trinajstić information content (AvgIpc) is 2.65. The molecule has 0 aliphatic carbocycles. The summed E-state index contributed by atoms with van der Waals surface area (Å²) in [5.74, 6) is 0.0496. The number of hydrogen-bond donors (Lipinski definition) is 2. The van der Waals surface area contributed by atoms with Crippen LogP contribution in [0.25, 0.3) is 0 Å². The van der Waals surface area contributed by atoms with Gasteiger partial charge in [0.25, 0.3) is 0 Å². The van der Waals surface area contributed by atoms with Gasteiger partial charge in [0, 0.05) is 18.8 Å². The Bertz CT molecular complexity index is 492. The highest BCUT2D eigenvalue weighted by Gasteiger charge is 2.32. The maximum atomic E-state index is 12.4. The Hall–Kier alpha value is -1.43. The Morgan fingerprint density at radius 3 is 3.10 bits per heavy atom. The maximum Gasteiger partial charge on any atom is 0.241 e. The van der Waals surface area contributed by atoms with E-state index < -0.39 is 0 Å². The van der Waals surface area contributed by atoms with Crippen molar-refractivity contribution in [2.75, 3.05) is 31.6 Å². The van der Waals surface area contributed by atoms with Gasteiger partial charge in [0.15, 0.2) is 0 Å². The van der Waals surface area contributed by atoms with E-state index in [1.165, 1.54) is 5.56 Å². The van der Waals surface area contributed by atoms with E-state index in [9.17, 15) is 9.90 Å². The molecule has 2 aliphatic rings. The quantitative estimate of drug-likeness (QED) is 0.832. The van der Waals surface area contributed by atoms with Crippen molar-refractivity contribution in [3.8, 4) is 0 Å². The standard InChI is InChI=1S/C15H20N2O3/c18-10-12-9-17(7-8-20-12)14-6-5-11-3-1-2-4-13(11)16-15(14)19/h1-4,12,14,18H,5-10H2,(H,16,19). The first kappa shape index (κ1) is 13.5. The summed E-state index contributed by atoms with van der Waals surface area (Å²) in [6, 6.07) is 7.82. The Kier molecular flexibility index (Phi) is 4.00. The average molecular weight is 276 g/mol. The highest BCUT2D eigenvalue weighted by molar-refractivity contribution is 5.96. The summed E-state index contributed by atoms with van der Waals surface area (Å²) >= 11 is 0. The van der Waals surface area contributed by atoms with Crippen LogP contribution in [-0.2, 0) is 16.0 Å². The third-order valence-electron chi connectivity index (χ3n) is 4.08. The molecule has 2 atom stereocenters. The van der Waals surface area contributed by atoms with E-state index in [4.69, 9.17) is 4.74 Å². The maximum absolute atomic E-state index is 12.4. The number of aryl methyl sites for hydroxylation is 1. The molecule has 1 saturated heterocycles. The van der Waals surface area contributed by atoms with Gasteiger partial charge in [-0.25, -0.2) is 0 Å². The molecule has 2 aliphatic heterocycles. The Labute approximate surface area is 118 Å². The number of aliphatic hydroxyl groups is 1. The molecule has 1 aromatic rings. The van der Waals surface area contributed by atoms with Crippen molar-refractivity contribution in [3.05, 3.63) is 29.8 Å². The number of carbonyl (C=O) groups excluding carboxylic acids is 1. The van der Waals surface area contributed by atoms with Crippen LogP contribution < -0.4 is 5.32 Å². The minimum absolute atomic E-state index is 0.00502. The molecule has 2 unspecified atom stereocenters. The topological polar surface area (TPSA) is 61.8 Å². The lowest BCUT2D eigenvalue weighted by molar-refractivity contribution is -0.126. The van der Waals surface area contributed by atoms with Crippen LogP contribution in [-0.4, -0.2) is 54.4 Å². The predicted octanol–water partition coefficient (Wildman–Crippen LogP) is 0.633. The lowest BCUT2D eigenvalue weighted by Gasteiger charge is -2.36. The summed E-state index contributed by atoms with van der Waals surface area (Å²) in [6.07, 6.45) is 1.52. The molecule has 3 rings (SSSR count). The molecule has 0 bridgehead atoms. The van der Waals surface area contributed by atoms with Gasteiger partial charge < -0.3 is 15.2 Å². The number of anilines is 1. The molecule has 108 valence electrons. The van der Waals surface area contributed by atoms with Gasteiger partial charge in [0.1, 0.15) is 0 Å². The van der Waals surface area contributed by atoms with Crippen LogP contribution in [0.3, 0.4) is 0 Å². The van der Waals surface area contributed by atoms with E-state index in [1.54, 1.807) is 0 Å². The summed E-state index contributed by atoms with van der Waals surface area (Å²) in [7, 11) is 0. The third-order valence-corrected chi connectivity index (χ3v) is 4.08. The van der Waals surface area contributed by atoms with Gasteiger partial charge in [0.2, 0.25) is 5.91 Å². The molecule has 2 heterocycles. The van der Waals surface area contributed by atoms with Crippen molar-refractivity contribution in [1.29, 1.82) is 0 Å². The lowest BCUT2D eigenvalue weighted by atomic mass is 10.0. The monoisotopic (exact) mass is 276 g/mol. The number of amides is 1. The van der Waals surface area contributed by atoms with Gasteiger partial charge in [-0.2, -0.15) is 0 Å². The van der Waals surface area contributed by atoms with E-state index in [0.29, 0.717) is 13.2 Å². The predicted molar refractivity (Wildman–Crippen MR) is 75.6 cm³/mol. The first-order valence-electron chi connectivity index (χ1n) is 7.13. The molecular weight excluding hydrogens is 256 g/mol. The van der Waals surface area contributed by atoms with Crippen LogP contribution in [0.5, 0.6) is 0 Å². The molecule has 0 aromatic heterocycles. The molecule has 5 nitrogen and oxygen atoms in total. The number of para-hydroxylation sites is 1. The van der Waals surface area contributed by atoms with Crippen LogP contribution in [0.4, 0.5) is 5.69 Å². The summed E-state index contributed by atoms with van der Waals surface area (Å²) in [5, 5.41) is 12.2. The number of morpholine rings is 1. The number of carbonyl (C=O) groups is 1. The number of fused-ring (bicyclic) bond motifs is 1. The van der Waals surface area contributed by atoms with Gasteiger partial charge in [-0.1, -0.05) is 18.2 Å². The number of aliphatic hydroxyl groups excluding tert-OH is 1. The van der Waals surface area contributed by atoms with Gasteiger partial charge in [0.05, 0.1) is 25.4 Å². The Balaban J connectivity index is 1.74. The molecule has 0 radical (unpaired) electrons. The highest BCUT2D eigenvalue weighted by Crippen LogP contribution is 2.24. The minimum Gasteiger partial charge on any atom is -0.394 e. The summed E-state index contributed by atoms with van der Waals surface area (Å²) < 4.78 is 5.45. The molecule has 5 heteroatoms. The summed E-state index contributed by atoms with van der Waals surface area (Å²) in [6.45, 7) is 1.93. The normalized spacial score (nSPS) is 27.6. The molecule has 2 N–H and O–H groups in total. The molecule has 20 heavy (non-hydrogen) atoms. The third kappa shape index (κ3) is 2.70. The van der Waals surface area contributed by atoms with Crippen molar-refractivity contribution in [1.82, 2.24) is 4.90 Å².